The fourth-order valence-corrected chi connectivity index (χ4v) is 2.39. The van der Waals surface area contributed by atoms with Crippen molar-refractivity contribution >= 4 is 17.6 Å². The van der Waals surface area contributed by atoms with Crippen LogP contribution in [0.5, 0.6) is 0 Å². The second-order valence-electron chi connectivity index (χ2n) is 4.81. The van der Waals surface area contributed by atoms with E-state index in [1.807, 2.05) is 24.3 Å². The first kappa shape index (κ1) is 13.2. The van der Waals surface area contributed by atoms with Gasteiger partial charge in [-0.2, -0.15) is 0 Å². The van der Waals surface area contributed by atoms with Crippen LogP contribution in [0, 0.1) is 0 Å². The van der Waals surface area contributed by atoms with Crippen LogP contribution in [-0.2, 0) is 6.54 Å². The summed E-state index contributed by atoms with van der Waals surface area (Å²) in [4.78, 5) is 4.36. The topological polar surface area (TPSA) is 50.4 Å². The summed E-state index contributed by atoms with van der Waals surface area (Å²) in [6.45, 7) is 0.600. The average Bonchev–Trinajstić information content (AvgIpc) is 2.39. The van der Waals surface area contributed by atoms with Gasteiger partial charge < -0.3 is 11.1 Å². The van der Waals surface area contributed by atoms with E-state index in [0.29, 0.717) is 18.5 Å². The van der Waals surface area contributed by atoms with Crippen molar-refractivity contribution in [1.82, 2.24) is 5.32 Å². The lowest BCUT2D eigenvalue weighted by Gasteiger charge is -2.23. The minimum absolute atomic E-state index is 0.507. The molecule has 0 saturated heterocycles. The van der Waals surface area contributed by atoms with Crippen LogP contribution in [0.3, 0.4) is 0 Å². The van der Waals surface area contributed by atoms with Crippen molar-refractivity contribution in [2.45, 2.75) is 44.7 Å². The molecule has 1 fully saturated rings. The van der Waals surface area contributed by atoms with E-state index >= 15 is 0 Å². The molecule has 18 heavy (non-hydrogen) atoms. The van der Waals surface area contributed by atoms with E-state index in [1.165, 1.54) is 32.1 Å². The van der Waals surface area contributed by atoms with Crippen molar-refractivity contribution in [1.29, 1.82) is 0 Å². The predicted octanol–water partition coefficient (Wildman–Crippen LogP) is 3.08. The highest BCUT2D eigenvalue weighted by Gasteiger charge is 2.13. The summed E-state index contributed by atoms with van der Waals surface area (Å²) in [6, 6.07) is 8.20. The summed E-state index contributed by atoms with van der Waals surface area (Å²) in [7, 11) is 0. The molecule has 0 heterocycles. The van der Waals surface area contributed by atoms with E-state index in [4.69, 9.17) is 17.3 Å². The molecule has 1 aliphatic carbocycles. The number of nitrogens with one attached hydrogen (secondary N) is 1. The molecule has 1 saturated carbocycles. The minimum atomic E-state index is 0.507. The Morgan fingerprint density at radius 1 is 1.22 bits per heavy atom. The Hall–Kier alpha value is -1.22. The Morgan fingerprint density at radius 3 is 2.56 bits per heavy atom. The molecule has 2 rings (SSSR count). The highest BCUT2D eigenvalue weighted by atomic mass is 35.5. The average molecular weight is 266 g/mol. The minimum Gasteiger partial charge on any atom is -0.370 e. The third-order valence-corrected chi connectivity index (χ3v) is 3.55. The zero-order valence-electron chi connectivity index (χ0n) is 10.5. The van der Waals surface area contributed by atoms with Gasteiger partial charge in [0.05, 0.1) is 6.54 Å². The Morgan fingerprint density at radius 2 is 1.89 bits per heavy atom. The molecule has 98 valence electrons. The largest absolute Gasteiger partial charge is 0.370 e. The Kier molecular flexibility index (Phi) is 4.88. The first-order chi connectivity index (χ1) is 8.74. The van der Waals surface area contributed by atoms with Crippen molar-refractivity contribution in [2.75, 3.05) is 0 Å². The first-order valence-corrected chi connectivity index (χ1v) is 6.93. The molecule has 0 aliphatic heterocycles. The zero-order chi connectivity index (χ0) is 12.8. The quantitative estimate of drug-likeness (QED) is 0.652. The monoisotopic (exact) mass is 265 g/mol. The molecule has 0 radical (unpaired) electrons. The van der Waals surface area contributed by atoms with E-state index in [-0.39, 0.29) is 0 Å². The molecule has 4 heteroatoms. The van der Waals surface area contributed by atoms with Crippen LogP contribution in [0.15, 0.2) is 29.3 Å². The normalized spacial score (nSPS) is 17.7. The van der Waals surface area contributed by atoms with Gasteiger partial charge in [0.25, 0.3) is 0 Å². The van der Waals surface area contributed by atoms with Crippen LogP contribution >= 0.6 is 11.6 Å². The van der Waals surface area contributed by atoms with Gasteiger partial charge in [-0.3, -0.25) is 0 Å². The van der Waals surface area contributed by atoms with Crippen molar-refractivity contribution in [3.63, 3.8) is 0 Å². The molecule has 1 aromatic carbocycles. The lowest BCUT2D eigenvalue weighted by molar-refractivity contribution is 0.412. The van der Waals surface area contributed by atoms with E-state index in [0.717, 1.165) is 10.6 Å². The molecule has 3 N–H and O–H groups in total. The number of hydrogen-bond donors (Lipinski definition) is 2. The fraction of sp³-hybridized carbons (Fsp3) is 0.500. The van der Waals surface area contributed by atoms with Crippen molar-refractivity contribution < 1.29 is 0 Å². The molecule has 0 atom stereocenters. The summed E-state index contributed by atoms with van der Waals surface area (Å²) < 4.78 is 0. The predicted molar refractivity (Wildman–Crippen MR) is 76.8 cm³/mol. The highest BCUT2D eigenvalue weighted by molar-refractivity contribution is 6.30. The molecule has 0 amide bonds. The molecule has 1 aromatic rings. The summed E-state index contributed by atoms with van der Waals surface area (Å²) in [5.41, 5.74) is 7.01. The number of halogens is 1. The van der Waals surface area contributed by atoms with Gasteiger partial charge >= 0.3 is 0 Å². The Bertz CT molecular complexity index is 394. The second kappa shape index (κ2) is 6.64. The standard InChI is InChI=1S/C14H20ClN3/c15-12-8-6-11(7-9-12)10-17-14(16)18-13-4-2-1-3-5-13/h6-9,13H,1-5,10H2,(H3,16,17,18). The van der Waals surface area contributed by atoms with Crippen molar-refractivity contribution in [2.24, 2.45) is 10.7 Å². The summed E-state index contributed by atoms with van der Waals surface area (Å²) in [6.07, 6.45) is 6.35. The highest BCUT2D eigenvalue weighted by Crippen LogP contribution is 2.17. The van der Waals surface area contributed by atoms with Gasteiger partial charge in [0, 0.05) is 11.1 Å². The number of nitrogens with zero attached hydrogens (tertiary/aromatic N) is 1. The molecule has 0 unspecified atom stereocenters. The van der Waals surface area contributed by atoms with Gasteiger partial charge in [-0.05, 0) is 30.5 Å². The van der Waals surface area contributed by atoms with E-state index < -0.39 is 0 Å². The fourth-order valence-electron chi connectivity index (χ4n) is 2.27. The maximum atomic E-state index is 5.90. The maximum Gasteiger partial charge on any atom is 0.189 e. The van der Waals surface area contributed by atoms with Gasteiger partial charge in [-0.1, -0.05) is 43.0 Å². The van der Waals surface area contributed by atoms with Crippen LogP contribution in [0.25, 0.3) is 0 Å². The smallest absolute Gasteiger partial charge is 0.189 e. The van der Waals surface area contributed by atoms with Crippen LogP contribution in [0.4, 0.5) is 0 Å². The Labute approximate surface area is 113 Å². The number of guanidine groups is 1. The number of rotatable bonds is 3. The van der Waals surface area contributed by atoms with Gasteiger partial charge in [-0.25, -0.2) is 4.99 Å². The van der Waals surface area contributed by atoms with Gasteiger partial charge in [-0.15, -0.1) is 0 Å². The SMILES string of the molecule is NC(=NCc1ccc(Cl)cc1)NC1CCCCC1. The molecular weight excluding hydrogens is 246 g/mol. The third kappa shape index (κ3) is 4.22. The number of aliphatic imine (C=N–C) groups is 1. The summed E-state index contributed by atoms with van der Waals surface area (Å²) in [5.74, 6) is 0.553. The second-order valence-corrected chi connectivity index (χ2v) is 5.24. The molecule has 3 nitrogen and oxygen atoms in total. The molecule has 1 aliphatic rings. The lowest BCUT2D eigenvalue weighted by Crippen LogP contribution is -2.41. The number of benzene rings is 1. The molecular formula is C14H20ClN3. The number of nitrogens with two attached hydrogens (primary N) is 1. The van der Waals surface area contributed by atoms with Crippen LogP contribution in [0.1, 0.15) is 37.7 Å². The number of hydrogen-bond acceptors (Lipinski definition) is 1. The van der Waals surface area contributed by atoms with E-state index in [9.17, 15) is 0 Å². The van der Waals surface area contributed by atoms with E-state index in [2.05, 4.69) is 10.3 Å². The van der Waals surface area contributed by atoms with Gasteiger partial charge in [0.2, 0.25) is 0 Å². The van der Waals surface area contributed by atoms with Crippen LogP contribution < -0.4 is 11.1 Å². The maximum absolute atomic E-state index is 5.90. The molecule has 0 spiro atoms. The van der Waals surface area contributed by atoms with Crippen LogP contribution in [-0.4, -0.2) is 12.0 Å². The molecule has 0 bridgehead atoms. The van der Waals surface area contributed by atoms with Crippen molar-refractivity contribution in [3.8, 4) is 0 Å². The zero-order valence-corrected chi connectivity index (χ0v) is 11.3. The van der Waals surface area contributed by atoms with Gasteiger partial charge in [0.1, 0.15) is 0 Å². The van der Waals surface area contributed by atoms with Crippen molar-refractivity contribution in [3.05, 3.63) is 34.9 Å². The first-order valence-electron chi connectivity index (χ1n) is 6.55. The van der Waals surface area contributed by atoms with Gasteiger partial charge in [0.15, 0.2) is 5.96 Å². The van der Waals surface area contributed by atoms with Crippen LogP contribution in [0.2, 0.25) is 5.02 Å². The molecule has 0 aromatic heterocycles. The lowest BCUT2D eigenvalue weighted by atomic mass is 9.96. The summed E-state index contributed by atoms with van der Waals surface area (Å²) in [5, 5.41) is 4.05. The Balaban J connectivity index is 1.82. The third-order valence-electron chi connectivity index (χ3n) is 3.30. The van der Waals surface area contributed by atoms with E-state index in [1.54, 1.807) is 0 Å². The summed E-state index contributed by atoms with van der Waals surface area (Å²) >= 11 is 5.83.